The first-order valence-electron chi connectivity index (χ1n) is 8.84. The van der Waals surface area contributed by atoms with Gasteiger partial charge in [-0.2, -0.15) is 0 Å². The molecule has 0 aliphatic heterocycles. The van der Waals surface area contributed by atoms with Gasteiger partial charge in [-0.25, -0.2) is 9.97 Å². The zero-order valence-corrected chi connectivity index (χ0v) is 15.0. The fourth-order valence-corrected chi connectivity index (χ4v) is 3.92. The highest BCUT2D eigenvalue weighted by atomic mass is 16.5. The molecule has 0 radical (unpaired) electrons. The van der Waals surface area contributed by atoms with Crippen molar-refractivity contribution >= 4 is 27.8 Å². The molecular formula is C19H24N4O2. The molecule has 1 saturated carbocycles. The number of hydrogen-bond donors (Lipinski definition) is 1. The molecule has 0 amide bonds. The van der Waals surface area contributed by atoms with Crippen molar-refractivity contribution in [3.05, 3.63) is 18.5 Å². The first-order chi connectivity index (χ1) is 12.2. The number of H-pyrrole nitrogens is 1. The number of aromatic nitrogens is 3. The van der Waals surface area contributed by atoms with Gasteiger partial charge in [0.1, 0.15) is 17.4 Å². The molecule has 6 nitrogen and oxygen atoms in total. The van der Waals surface area contributed by atoms with Crippen LogP contribution in [0.2, 0.25) is 0 Å². The van der Waals surface area contributed by atoms with Crippen molar-refractivity contribution in [3.8, 4) is 11.5 Å². The van der Waals surface area contributed by atoms with Gasteiger partial charge in [-0.3, -0.25) is 0 Å². The molecule has 6 heteroatoms. The van der Waals surface area contributed by atoms with Crippen molar-refractivity contribution in [2.24, 2.45) is 0 Å². The summed E-state index contributed by atoms with van der Waals surface area (Å²) in [5, 5.41) is 1.02. The molecule has 2 heterocycles. The van der Waals surface area contributed by atoms with Crippen LogP contribution in [-0.2, 0) is 0 Å². The van der Waals surface area contributed by atoms with Gasteiger partial charge in [0, 0.05) is 24.5 Å². The fourth-order valence-electron chi connectivity index (χ4n) is 3.92. The van der Waals surface area contributed by atoms with E-state index in [-0.39, 0.29) is 0 Å². The van der Waals surface area contributed by atoms with Crippen LogP contribution in [0.4, 0.5) is 5.82 Å². The largest absolute Gasteiger partial charge is 0.493 e. The minimum absolute atomic E-state index is 0.544. The Hall–Kier alpha value is -2.50. The molecule has 4 rings (SSSR count). The van der Waals surface area contributed by atoms with Crippen molar-refractivity contribution < 1.29 is 9.47 Å². The summed E-state index contributed by atoms with van der Waals surface area (Å²) in [6.07, 6.45) is 8.04. The van der Waals surface area contributed by atoms with Crippen LogP contribution in [0.3, 0.4) is 0 Å². The van der Waals surface area contributed by atoms with Crippen LogP contribution in [0, 0.1) is 0 Å². The van der Waals surface area contributed by atoms with Crippen LogP contribution in [0.15, 0.2) is 18.5 Å². The third kappa shape index (κ3) is 2.65. The van der Waals surface area contributed by atoms with Gasteiger partial charge >= 0.3 is 0 Å². The van der Waals surface area contributed by atoms with Crippen LogP contribution >= 0.6 is 0 Å². The lowest BCUT2D eigenvalue weighted by molar-refractivity contribution is 0.356. The van der Waals surface area contributed by atoms with E-state index in [1.165, 1.54) is 32.1 Å². The molecule has 0 saturated heterocycles. The highest BCUT2D eigenvalue weighted by molar-refractivity contribution is 6.09. The summed E-state index contributed by atoms with van der Waals surface area (Å²) in [5.74, 6) is 2.37. The minimum atomic E-state index is 0.544. The Morgan fingerprint density at radius 1 is 1.04 bits per heavy atom. The number of aromatic amines is 1. The van der Waals surface area contributed by atoms with Crippen LogP contribution in [0.5, 0.6) is 11.5 Å². The predicted molar refractivity (Wildman–Crippen MR) is 99.8 cm³/mol. The molecule has 2 aromatic heterocycles. The third-order valence-corrected chi connectivity index (χ3v) is 5.32. The van der Waals surface area contributed by atoms with Crippen molar-refractivity contribution in [3.63, 3.8) is 0 Å². The second kappa shape index (κ2) is 6.43. The maximum Gasteiger partial charge on any atom is 0.162 e. The summed E-state index contributed by atoms with van der Waals surface area (Å²) in [7, 11) is 5.44. The lowest BCUT2D eigenvalue weighted by Gasteiger charge is -2.32. The Bertz CT molecular complexity index is 899. The molecule has 0 unspecified atom stereocenters. The zero-order chi connectivity index (χ0) is 17.4. The number of fused-ring (bicyclic) bond motifs is 3. The van der Waals surface area contributed by atoms with E-state index in [1.54, 1.807) is 20.5 Å². The van der Waals surface area contributed by atoms with Crippen LogP contribution in [0.25, 0.3) is 21.9 Å². The molecule has 0 spiro atoms. The maximum absolute atomic E-state index is 5.44. The van der Waals surface area contributed by atoms with Gasteiger partial charge in [0.05, 0.1) is 19.7 Å². The van der Waals surface area contributed by atoms with Gasteiger partial charge in [0.2, 0.25) is 0 Å². The summed E-state index contributed by atoms with van der Waals surface area (Å²) in [6, 6.07) is 4.48. The van der Waals surface area contributed by atoms with E-state index in [4.69, 9.17) is 9.47 Å². The highest BCUT2D eigenvalue weighted by Crippen LogP contribution is 2.37. The summed E-state index contributed by atoms with van der Waals surface area (Å²) in [5.41, 5.74) is 2.87. The van der Waals surface area contributed by atoms with E-state index in [1.807, 2.05) is 12.1 Å². The number of rotatable bonds is 4. The maximum atomic E-state index is 5.44. The topological polar surface area (TPSA) is 63.3 Å². The van der Waals surface area contributed by atoms with E-state index in [9.17, 15) is 0 Å². The van der Waals surface area contributed by atoms with E-state index >= 15 is 0 Å². The first kappa shape index (κ1) is 16.0. The molecule has 132 valence electrons. The summed E-state index contributed by atoms with van der Waals surface area (Å²) >= 11 is 0. The molecule has 1 N–H and O–H groups in total. The number of ether oxygens (including phenoxy) is 2. The van der Waals surface area contributed by atoms with Gasteiger partial charge in [0.15, 0.2) is 17.3 Å². The molecule has 3 aromatic rings. The fraction of sp³-hybridized carbons (Fsp3) is 0.474. The molecule has 1 fully saturated rings. The second-order valence-corrected chi connectivity index (χ2v) is 6.70. The monoisotopic (exact) mass is 340 g/mol. The molecule has 25 heavy (non-hydrogen) atoms. The normalized spacial score (nSPS) is 15.6. The van der Waals surface area contributed by atoms with E-state index < -0.39 is 0 Å². The zero-order valence-electron chi connectivity index (χ0n) is 15.0. The van der Waals surface area contributed by atoms with Crippen LogP contribution in [-0.4, -0.2) is 42.3 Å². The Balaban J connectivity index is 1.86. The third-order valence-electron chi connectivity index (χ3n) is 5.32. The quantitative estimate of drug-likeness (QED) is 0.780. The summed E-state index contributed by atoms with van der Waals surface area (Å²) in [4.78, 5) is 14.9. The van der Waals surface area contributed by atoms with Crippen molar-refractivity contribution in [1.82, 2.24) is 15.0 Å². The molecular weight excluding hydrogens is 316 g/mol. The van der Waals surface area contributed by atoms with Gasteiger partial charge in [-0.05, 0) is 18.9 Å². The van der Waals surface area contributed by atoms with Crippen molar-refractivity contribution in [2.45, 2.75) is 38.1 Å². The Morgan fingerprint density at radius 3 is 2.48 bits per heavy atom. The number of benzene rings is 1. The standard InChI is InChI=1S/C19H24N4O2/c1-23(12-7-5-4-6-8-12)19-18-17(20-11-21-19)13-9-15(24-2)16(25-3)10-14(13)22-18/h9-12,22H,4-8H2,1-3H3. The van der Waals surface area contributed by atoms with Crippen LogP contribution in [0.1, 0.15) is 32.1 Å². The molecule has 0 bridgehead atoms. The van der Waals surface area contributed by atoms with Gasteiger partial charge in [0.25, 0.3) is 0 Å². The van der Waals surface area contributed by atoms with E-state index in [0.717, 1.165) is 27.8 Å². The molecule has 1 aliphatic carbocycles. The lowest BCUT2D eigenvalue weighted by Crippen LogP contribution is -2.34. The van der Waals surface area contributed by atoms with Crippen LogP contribution < -0.4 is 14.4 Å². The van der Waals surface area contributed by atoms with Crippen molar-refractivity contribution in [1.29, 1.82) is 0 Å². The number of methoxy groups -OCH3 is 2. The SMILES string of the molecule is COc1cc2[nH]c3c(N(C)C4CCCCC4)ncnc3c2cc1OC. The van der Waals surface area contributed by atoms with E-state index in [2.05, 4.69) is 26.9 Å². The molecule has 1 aromatic carbocycles. The summed E-state index contributed by atoms with van der Waals surface area (Å²) < 4.78 is 10.9. The second-order valence-electron chi connectivity index (χ2n) is 6.70. The van der Waals surface area contributed by atoms with Gasteiger partial charge in [-0.15, -0.1) is 0 Å². The minimum Gasteiger partial charge on any atom is -0.493 e. The van der Waals surface area contributed by atoms with Crippen molar-refractivity contribution in [2.75, 3.05) is 26.2 Å². The van der Waals surface area contributed by atoms with Gasteiger partial charge in [-0.1, -0.05) is 19.3 Å². The number of nitrogens with zero attached hydrogens (tertiary/aromatic N) is 3. The highest BCUT2D eigenvalue weighted by Gasteiger charge is 2.22. The Kier molecular flexibility index (Phi) is 4.11. The molecule has 0 atom stereocenters. The Morgan fingerprint density at radius 2 is 1.76 bits per heavy atom. The average molecular weight is 340 g/mol. The smallest absolute Gasteiger partial charge is 0.162 e. The number of nitrogens with one attached hydrogen (secondary N) is 1. The Labute approximate surface area is 147 Å². The number of hydrogen-bond acceptors (Lipinski definition) is 5. The predicted octanol–water partition coefficient (Wildman–Crippen LogP) is 3.90. The average Bonchev–Trinajstić information content (AvgIpc) is 3.04. The molecule has 1 aliphatic rings. The van der Waals surface area contributed by atoms with E-state index in [0.29, 0.717) is 17.5 Å². The lowest BCUT2D eigenvalue weighted by atomic mass is 9.94. The summed E-state index contributed by atoms with van der Waals surface area (Å²) in [6.45, 7) is 0. The first-order valence-corrected chi connectivity index (χ1v) is 8.84. The number of anilines is 1. The van der Waals surface area contributed by atoms with Gasteiger partial charge < -0.3 is 19.4 Å².